The number of carbonyl (C=O) groups excluding carboxylic acids is 1. The summed E-state index contributed by atoms with van der Waals surface area (Å²) < 4.78 is 11.0. The van der Waals surface area contributed by atoms with Gasteiger partial charge in [0.05, 0.1) is 6.61 Å². The average molecular weight is 291 g/mol. The van der Waals surface area contributed by atoms with Gasteiger partial charge in [0.1, 0.15) is 12.4 Å². The Morgan fingerprint density at radius 1 is 1.33 bits per heavy atom. The number of hydrogen-bond acceptors (Lipinski definition) is 4. The van der Waals surface area contributed by atoms with Crippen molar-refractivity contribution < 1.29 is 14.3 Å². The van der Waals surface area contributed by atoms with Crippen LogP contribution in [0.3, 0.4) is 0 Å². The normalized spacial score (nSPS) is 17.2. The third-order valence-corrected chi connectivity index (χ3v) is 4.19. The summed E-state index contributed by atoms with van der Waals surface area (Å²) in [6.07, 6.45) is 1.93. The molecule has 0 aliphatic heterocycles. The van der Waals surface area contributed by atoms with Crippen molar-refractivity contribution in [2.24, 2.45) is 11.7 Å². The van der Waals surface area contributed by atoms with Crippen molar-refractivity contribution in [3.8, 4) is 5.75 Å². The van der Waals surface area contributed by atoms with E-state index in [2.05, 4.69) is 13.0 Å². The highest BCUT2D eigenvalue weighted by molar-refractivity contribution is 5.81. The first kappa shape index (κ1) is 15.8. The third-order valence-electron chi connectivity index (χ3n) is 4.19. The molecule has 0 spiro atoms. The second-order valence-electron chi connectivity index (χ2n) is 6.03. The molecular formula is C17H25NO3. The summed E-state index contributed by atoms with van der Waals surface area (Å²) in [5.74, 6) is 0.615. The minimum absolute atomic E-state index is 0.167. The number of benzene rings is 1. The monoisotopic (exact) mass is 291 g/mol. The fourth-order valence-corrected chi connectivity index (χ4v) is 2.56. The van der Waals surface area contributed by atoms with Gasteiger partial charge in [0, 0.05) is 0 Å². The van der Waals surface area contributed by atoms with Gasteiger partial charge in [-0.25, -0.2) is 4.79 Å². The molecule has 0 bridgehead atoms. The number of aryl methyl sites for hydroxylation is 2. The van der Waals surface area contributed by atoms with Crippen LogP contribution in [0.2, 0.25) is 0 Å². The molecule has 0 radical (unpaired) electrons. The van der Waals surface area contributed by atoms with Crippen molar-refractivity contribution >= 4 is 5.97 Å². The summed E-state index contributed by atoms with van der Waals surface area (Å²) in [6, 6.07) is 4.10. The van der Waals surface area contributed by atoms with Crippen molar-refractivity contribution in [1.82, 2.24) is 0 Å². The highest BCUT2D eigenvalue weighted by atomic mass is 16.5. The Balaban J connectivity index is 2.14. The summed E-state index contributed by atoms with van der Waals surface area (Å²) in [5.41, 5.74) is 8.68. The van der Waals surface area contributed by atoms with E-state index in [-0.39, 0.29) is 18.5 Å². The lowest BCUT2D eigenvalue weighted by Crippen LogP contribution is -2.55. The Kier molecular flexibility index (Phi) is 4.57. The molecular weight excluding hydrogens is 266 g/mol. The van der Waals surface area contributed by atoms with Crippen LogP contribution in [0, 0.1) is 26.7 Å². The number of rotatable bonds is 6. The molecule has 1 atom stereocenters. The van der Waals surface area contributed by atoms with E-state index in [1.54, 1.807) is 6.92 Å². The number of carbonyl (C=O) groups is 1. The lowest BCUT2D eigenvalue weighted by molar-refractivity contribution is -0.152. The lowest BCUT2D eigenvalue weighted by atomic mass is 9.95. The van der Waals surface area contributed by atoms with Crippen LogP contribution in [0.15, 0.2) is 12.1 Å². The van der Waals surface area contributed by atoms with Gasteiger partial charge in [-0.3, -0.25) is 0 Å². The number of ether oxygens (including phenoxy) is 2. The van der Waals surface area contributed by atoms with E-state index in [1.165, 1.54) is 5.56 Å². The quantitative estimate of drug-likeness (QED) is 0.819. The van der Waals surface area contributed by atoms with Crippen LogP contribution in [0.25, 0.3) is 0 Å². The molecule has 1 unspecified atom stereocenters. The first-order valence-corrected chi connectivity index (χ1v) is 7.55. The first-order valence-electron chi connectivity index (χ1n) is 7.55. The Morgan fingerprint density at radius 2 is 2.00 bits per heavy atom. The number of nitrogens with two attached hydrogens (primary N) is 1. The van der Waals surface area contributed by atoms with Crippen LogP contribution in [0.5, 0.6) is 5.75 Å². The summed E-state index contributed by atoms with van der Waals surface area (Å²) in [7, 11) is 0. The van der Waals surface area contributed by atoms with Gasteiger partial charge >= 0.3 is 5.97 Å². The van der Waals surface area contributed by atoms with E-state index < -0.39 is 5.54 Å². The molecule has 0 aromatic heterocycles. The highest BCUT2D eigenvalue weighted by Gasteiger charge is 2.50. The molecule has 0 saturated heterocycles. The molecule has 1 fully saturated rings. The Bertz CT molecular complexity index is 537. The molecule has 0 heterocycles. The van der Waals surface area contributed by atoms with E-state index in [0.717, 1.165) is 29.7 Å². The largest absolute Gasteiger partial charge is 0.491 e. The molecule has 2 N–H and O–H groups in total. The van der Waals surface area contributed by atoms with Crippen LogP contribution in [0.1, 0.15) is 36.5 Å². The zero-order chi connectivity index (χ0) is 15.6. The maximum absolute atomic E-state index is 12.2. The third kappa shape index (κ3) is 3.38. The number of hydrogen-bond donors (Lipinski definition) is 1. The van der Waals surface area contributed by atoms with Gasteiger partial charge in [0.15, 0.2) is 5.54 Å². The summed E-state index contributed by atoms with van der Waals surface area (Å²) in [5, 5.41) is 0. The fraction of sp³-hybridized carbons (Fsp3) is 0.588. The van der Waals surface area contributed by atoms with Gasteiger partial charge in [0.2, 0.25) is 0 Å². The van der Waals surface area contributed by atoms with E-state index in [4.69, 9.17) is 15.2 Å². The molecule has 116 valence electrons. The zero-order valence-electron chi connectivity index (χ0n) is 13.4. The topological polar surface area (TPSA) is 61.5 Å². The van der Waals surface area contributed by atoms with E-state index in [0.29, 0.717) is 6.61 Å². The van der Waals surface area contributed by atoms with Crippen LogP contribution in [0.4, 0.5) is 0 Å². The van der Waals surface area contributed by atoms with E-state index >= 15 is 0 Å². The highest BCUT2D eigenvalue weighted by Crippen LogP contribution is 2.39. The predicted octanol–water partition coefficient (Wildman–Crippen LogP) is 2.66. The van der Waals surface area contributed by atoms with Gasteiger partial charge in [-0.1, -0.05) is 6.07 Å². The molecule has 1 aliphatic rings. The molecule has 2 rings (SSSR count). The number of esters is 1. The maximum Gasteiger partial charge on any atom is 0.329 e. The average Bonchev–Trinajstić information content (AvgIpc) is 3.25. The molecule has 1 saturated carbocycles. The second kappa shape index (κ2) is 6.06. The van der Waals surface area contributed by atoms with Crippen LogP contribution < -0.4 is 10.5 Å². The lowest BCUT2D eigenvalue weighted by Gasteiger charge is -2.27. The standard InChI is InChI=1S/C17H25NO3/c1-5-20-16(19)17(18,14-6-7-14)10-21-15-9-11(2)8-12(3)13(15)4/h8-9,14H,5-7,10,18H2,1-4H3. The van der Waals surface area contributed by atoms with Gasteiger partial charge in [-0.05, 0) is 69.2 Å². The predicted molar refractivity (Wildman–Crippen MR) is 82.4 cm³/mol. The molecule has 21 heavy (non-hydrogen) atoms. The Hall–Kier alpha value is -1.55. The summed E-state index contributed by atoms with van der Waals surface area (Å²) >= 11 is 0. The molecule has 0 amide bonds. The maximum atomic E-state index is 12.2. The molecule has 4 nitrogen and oxygen atoms in total. The van der Waals surface area contributed by atoms with Crippen molar-refractivity contribution in [3.05, 3.63) is 28.8 Å². The molecule has 1 aliphatic carbocycles. The minimum Gasteiger partial charge on any atom is -0.491 e. The second-order valence-corrected chi connectivity index (χ2v) is 6.03. The van der Waals surface area contributed by atoms with E-state index in [1.807, 2.05) is 19.9 Å². The molecule has 1 aromatic rings. The summed E-state index contributed by atoms with van der Waals surface area (Å²) in [4.78, 5) is 12.2. The van der Waals surface area contributed by atoms with Crippen molar-refractivity contribution in [2.75, 3.05) is 13.2 Å². The molecule has 4 heteroatoms. The fourth-order valence-electron chi connectivity index (χ4n) is 2.56. The van der Waals surface area contributed by atoms with Gasteiger partial charge in [0.25, 0.3) is 0 Å². The van der Waals surface area contributed by atoms with Crippen molar-refractivity contribution in [3.63, 3.8) is 0 Å². The van der Waals surface area contributed by atoms with Gasteiger partial charge in [-0.2, -0.15) is 0 Å². The van der Waals surface area contributed by atoms with Crippen LogP contribution in [-0.4, -0.2) is 24.7 Å². The Labute approximate surface area is 126 Å². The van der Waals surface area contributed by atoms with Crippen molar-refractivity contribution in [1.29, 1.82) is 0 Å². The van der Waals surface area contributed by atoms with Crippen LogP contribution in [-0.2, 0) is 9.53 Å². The SMILES string of the molecule is CCOC(=O)C(N)(COc1cc(C)cc(C)c1C)C1CC1. The minimum atomic E-state index is -1.03. The first-order chi connectivity index (χ1) is 9.88. The molecule has 1 aromatic carbocycles. The Morgan fingerprint density at radius 3 is 2.57 bits per heavy atom. The zero-order valence-corrected chi connectivity index (χ0v) is 13.4. The van der Waals surface area contributed by atoms with Gasteiger partial charge in [-0.15, -0.1) is 0 Å². The van der Waals surface area contributed by atoms with Gasteiger partial charge < -0.3 is 15.2 Å². The smallest absolute Gasteiger partial charge is 0.329 e. The van der Waals surface area contributed by atoms with Crippen molar-refractivity contribution in [2.45, 2.75) is 46.1 Å². The summed E-state index contributed by atoms with van der Waals surface area (Å²) in [6.45, 7) is 8.40. The van der Waals surface area contributed by atoms with Crippen LogP contribution >= 0.6 is 0 Å². The van der Waals surface area contributed by atoms with E-state index in [9.17, 15) is 4.79 Å².